The largest absolute Gasteiger partial charge is 0.298 e. The number of hydrogen-bond donors (Lipinski definition) is 0. The second kappa shape index (κ2) is 16.7. The van der Waals surface area contributed by atoms with Crippen LogP contribution in [-0.2, 0) is 0 Å². The third-order valence-corrected chi connectivity index (χ3v) is 5.88. The lowest BCUT2D eigenvalue weighted by Gasteiger charge is -2.04. The van der Waals surface area contributed by atoms with E-state index in [1.165, 1.54) is 101 Å². The fourth-order valence-electron chi connectivity index (χ4n) is 3.13. The lowest BCUT2D eigenvalue weighted by atomic mass is 10.0. The molecule has 0 saturated heterocycles. The smallest absolute Gasteiger partial charge is 0.150 e. The van der Waals surface area contributed by atoms with Gasteiger partial charge < -0.3 is 0 Å². The predicted molar refractivity (Wildman–Crippen MR) is 113 cm³/mol. The molecule has 1 rings (SSSR count). The highest BCUT2D eigenvalue weighted by molar-refractivity contribution is 7.99. The Morgan fingerprint density at radius 1 is 0.680 bits per heavy atom. The number of aldehydes is 1. The van der Waals surface area contributed by atoms with Gasteiger partial charge in [-0.2, -0.15) is 0 Å². The molecule has 2 heteroatoms. The molecule has 25 heavy (non-hydrogen) atoms. The van der Waals surface area contributed by atoms with Gasteiger partial charge in [0.05, 0.1) is 0 Å². The second-order valence-electron chi connectivity index (χ2n) is 7.13. The van der Waals surface area contributed by atoms with Crippen LogP contribution in [0.3, 0.4) is 0 Å². The molecule has 0 heterocycles. The van der Waals surface area contributed by atoms with Crippen molar-refractivity contribution in [1.82, 2.24) is 0 Å². The molecule has 0 radical (unpaired) electrons. The van der Waals surface area contributed by atoms with Gasteiger partial charge in [0.2, 0.25) is 0 Å². The maximum atomic E-state index is 10.6. The summed E-state index contributed by atoms with van der Waals surface area (Å²) in [6.45, 7) is 2.29. The van der Waals surface area contributed by atoms with Crippen molar-refractivity contribution in [1.29, 1.82) is 0 Å². The number of carbonyl (C=O) groups is 1. The lowest BCUT2D eigenvalue weighted by molar-refractivity contribution is 0.112. The van der Waals surface area contributed by atoms with E-state index in [-0.39, 0.29) is 0 Å². The standard InChI is InChI=1S/C23H38OS/c1-2-3-4-5-6-7-8-9-10-11-12-13-14-15-20-25-23-18-16-22(21-24)17-19-23/h16-19,21H,2-15,20H2,1H3. The summed E-state index contributed by atoms with van der Waals surface area (Å²) >= 11 is 1.91. The van der Waals surface area contributed by atoms with E-state index < -0.39 is 0 Å². The predicted octanol–water partition coefficient (Wildman–Crippen LogP) is 8.07. The van der Waals surface area contributed by atoms with Crippen molar-refractivity contribution in [3.63, 3.8) is 0 Å². The zero-order valence-corrected chi connectivity index (χ0v) is 17.1. The number of rotatable bonds is 17. The normalized spacial score (nSPS) is 10.9. The van der Waals surface area contributed by atoms with E-state index in [1.54, 1.807) is 0 Å². The number of hydrogen-bond acceptors (Lipinski definition) is 2. The topological polar surface area (TPSA) is 17.1 Å². The van der Waals surface area contributed by atoms with E-state index in [1.807, 2.05) is 23.9 Å². The van der Waals surface area contributed by atoms with Crippen LogP contribution in [0.4, 0.5) is 0 Å². The average Bonchev–Trinajstić information content (AvgIpc) is 2.65. The Hall–Kier alpha value is -0.760. The average molecular weight is 363 g/mol. The Balaban J connectivity index is 1.79. The summed E-state index contributed by atoms with van der Waals surface area (Å²) < 4.78 is 0. The first-order valence-corrected chi connectivity index (χ1v) is 11.5. The van der Waals surface area contributed by atoms with E-state index in [4.69, 9.17) is 0 Å². The maximum absolute atomic E-state index is 10.6. The molecule has 1 aromatic rings. The van der Waals surface area contributed by atoms with E-state index in [9.17, 15) is 4.79 Å². The molecule has 0 unspecified atom stereocenters. The summed E-state index contributed by atoms with van der Waals surface area (Å²) in [5.74, 6) is 1.19. The van der Waals surface area contributed by atoms with Crippen LogP contribution in [-0.4, -0.2) is 12.0 Å². The monoisotopic (exact) mass is 362 g/mol. The molecular formula is C23H38OS. The summed E-state index contributed by atoms with van der Waals surface area (Å²) in [6, 6.07) is 7.91. The van der Waals surface area contributed by atoms with Gasteiger partial charge in [-0.25, -0.2) is 0 Å². The van der Waals surface area contributed by atoms with E-state index in [0.717, 1.165) is 11.8 Å². The second-order valence-corrected chi connectivity index (χ2v) is 8.30. The van der Waals surface area contributed by atoms with Crippen LogP contribution in [0.5, 0.6) is 0 Å². The third kappa shape index (κ3) is 13.1. The minimum Gasteiger partial charge on any atom is -0.298 e. The molecule has 0 aliphatic rings. The number of thioether (sulfide) groups is 1. The number of unbranched alkanes of at least 4 members (excludes halogenated alkanes) is 13. The highest BCUT2D eigenvalue weighted by Gasteiger charge is 1.97. The van der Waals surface area contributed by atoms with Crippen molar-refractivity contribution in [2.75, 3.05) is 5.75 Å². The Morgan fingerprint density at radius 2 is 1.12 bits per heavy atom. The molecule has 0 atom stereocenters. The van der Waals surface area contributed by atoms with Gasteiger partial charge in [-0.15, -0.1) is 11.8 Å². The van der Waals surface area contributed by atoms with Crippen molar-refractivity contribution in [2.24, 2.45) is 0 Å². The molecule has 0 fully saturated rings. The van der Waals surface area contributed by atoms with Gasteiger partial charge in [0.25, 0.3) is 0 Å². The highest BCUT2D eigenvalue weighted by Crippen LogP contribution is 2.20. The van der Waals surface area contributed by atoms with E-state index in [0.29, 0.717) is 0 Å². The van der Waals surface area contributed by atoms with Crippen molar-refractivity contribution >= 4 is 18.0 Å². The molecule has 0 aromatic heterocycles. The molecule has 0 N–H and O–H groups in total. The molecule has 0 saturated carbocycles. The van der Waals surface area contributed by atoms with Gasteiger partial charge in [0.15, 0.2) is 0 Å². The van der Waals surface area contributed by atoms with Crippen LogP contribution < -0.4 is 0 Å². The lowest BCUT2D eigenvalue weighted by Crippen LogP contribution is -1.85. The molecule has 0 spiro atoms. The van der Waals surface area contributed by atoms with Crippen molar-refractivity contribution in [2.45, 2.75) is 102 Å². The van der Waals surface area contributed by atoms with Gasteiger partial charge in [-0.1, -0.05) is 103 Å². The van der Waals surface area contributed by atoms with Crippen LogP contribution in [0.15, 0.2) is 29.2 Å². The van der Waals surface area contributed by atoms with Crippen LogP contribution >= 0.6 is 11.8 Å². The molecule has 1 nitrogen and oxygen atoms in total. The number of benzene rings is 1. The Labute approximate surface area is 160 Å². The molecule has 142 valence electrons. The molecule has 0 amide bonds. The van der Waals surface area contributed by atoms with Gasteiger partial charge in [-0.05, 0) is 24.3 Å². The van der Waals surface area contributed by atoms with Crippen molar-refractivity contribution in [3.05, 3.63) is 29.8 Å². The minimum absolute atomic E-state index is 0.765. The molecule has 1 aromatic carbocycles. The Morgan fingerprint density at radius 3 is 1.56 bits per heavy atom. The summed E-state index contributed by atoms with van der Waals surface area (Å²) in [5, 5.41) is 0. The van der Waals surface area contributed by atoms with Crippen molar-refractivity contribution in [3.8, 4) is 0 Å². The quantitative estimate of drug-likeness (QED) is 0.158. The Bertz CT molecular complexity index is 413. The van der Waals surface area contributed by atoms with E-state index >= 15 is 0 Å². The molecular weight excluding hydrogens is 324 g/mol. The zero-order chi connectivity index (χ0) is 18.0. The SMILES string of the molecule is CCCCCCCCCCCCCCCCSc1ccc(C=O)cc1. The first kappa shape index (κ1) is 22.3. The van der Waals surface area contributed by atoms with Gasteiger partial charge in [0.1, 0.15) is 6.29 Å². The summed E-state index contributed by atoms with van der Waals surface area (Å²) in [4.78, 5) is 11.9. The number of carbonyl (C=O) groups excluding carboxylic acids is 1. The summed E-state index contributed by atoms with van der Waals surface area (Å²) in [7, 11) is 0. The maximum Gasteiger partial charge on any atom is 0.150 e. The molecule has 0 aliphatic carbocycles. The summed E-state index contributed by atoms with van der Waals surface area (Å²) in [5.41, 5.74) is 0.765. The molecule has 0 aliphatic heterocycles. The minimum atomic E-state index is 0.765. The Kier molecular flexibility index (Phi) is 14.9. The first-order chi connectivity index (χ1) is 12.4. The summed E-state index contributed by atoms with van der Waals surface area (Å²) in [6.07, 6.45) is 20.7. The van der Waals surface area contributed by atoms with Crippen LogP contribution in [0.1, 0.15) is 107 Å². The highest BCUT2D eigenvalue weighted by atomic mass is 32.2. The fourth-order valence-corrected chi connectivity index (χ4v) is 4.04. The van der Waals surface area contributed by atoms with Crippen molar-refractivity contribution < 1.29 is 4.79 Å². The van der Waals surface area contributed by atoms with Gasteiger partial charge >= 0.3 is 0 Å². The first-order valence-electron chi connectivity index (χ1n) is 10.5. The van der Waals surface area contributed by atoms with Crippen LogP contribution in [0.2, 0.25) is 0 Å². The van der Waals surface area contributed by atoms with Gasteiger partial charge in [-0.3, -0.25) is 4.79 Å². The van der Waals surface area contributed by atoms with Gasteiger partial charge in [0, 0.05) is 10.5 Å². The third-order valence-electron chi connectivity index (χ3n) is 4.78. The zero-order valence-electron chi connectivity index (χ0n) is 16.3. The molecule has 0 bridgehead atoms. The van der Waals surface area contributed by atoms with Crippen LogP contribution in [0, 0.1) is 0 Å². The van der Waals surface area contributed by atoms with E-state index in [2.05, 4.69) is 19.1 Å². The fraction of sp³-hybridized carbons (Fsp3) is 0.696. The van der Waals surface area contributed by atoms with Crippen LogP contribution in [0.25, 0.3) is 0 Å².